The van der Waals surface area contributed by atoms with Crippen molar-refractivity contribution in [1.29, 1.82) is 0 Å². The number of hydrogen-bond donors (Lipinski definition) is 1. The van der Waals surface area contributed by atoms with Crippen LogP contribution in [-0.4, -0.2) is 73.4 Å². The van der Waals surface area contributed by atoms with Crippen LogP contribution < -0.4 is 29.6 Å². The molecule has 15 N–H and O–H groups in total. The molecule has 0 aliphatic heterocycles. The Hall–Kier alpha value is 1.08. The second kappa shape index (κ2) is 36.5. The van der Waals surface area contributed by atoms with Crippen LogP contribution in [0.25, 0.3) is 0 Å². The molecule has 19 heteroatoms. The maximum atomic E-state index is 8.63. The van der Waals surface area contributed by atoms with Gasteiger partial charge in [0.05, 0.1) is 0 Å². The first-order valence-corrected chi connectivity index (χ1v) is 4.05. The van der Waals surface area contributed by atoms with E-state index in [-0.39, 0.29) is 87.4 Å². The van der Waals surface area contributed by atoms with Crippen LogP contribution in [0.15, 0.2) is 0 Å². The van der Waals surface area contributed by atoms with Crippen molar-refractivity contribution >= 4 is 20.8 Å². The van der Waals surface area contributed by atoms with Gasteiger partial charge in [-0.2, -0.15) is 0 Å². The summed E-state index contributed by atoms with van der Waals surface area (Å²) in [5, 5.41) is 0. The van der Waals surface area contributed by atoms with Crippen molar-refractivity contribution in [2.45, 2.75) is 0 Å². The molecule has 0 amide bonds. The minimum absolute atomic E-state index is 0. The fourth-order valence-electron chi connectivity index (χ4n) is 0. The van der Waals surface area contributed by atoms with Gasteiger partial charge in [-0.05, 0) is 0 Å². The second-order valence-electron chi connectivity index (χ2n) is 0.836. The van der Waals surface area contributed by atoms with E-state index in [0.717, 1.165) is 0 Å². The monoisotopic (exact) mass is 406 g/mol. The third-order valence-corrected chi connectivity index (χ3v) is 0. The molecule has 0 saturated carbocycles. The van der Waals surface area contributed by atoms with Crippen LogP contribution in [0, 0.1) is 0 Å². The molecule has 0 aromatic rings. The van der Waals surface area contributed by atoms with Gasteiger partial charge < -0.3 is 52.0 Å². The Labute approximate surface area is 142 Å². The number of rotatable bonds is 0. The zero-order valence-electron chi connectivity index (χ0n) is 9.33. The van der Waals surface area contributed by atoms with Crippen molar-refractivity contribution in [1.82, 2.24) is 0 Å². The summed E-state index contributed by atoms with van der Waals surface area (Å²) in [6, 6.07) is 0. The van der Waals surface area contributed by atoms with E-state index in [1.807, 2.05) is 0 Å². The fourth-order valence-corrected chi connectivity index (χ4v) is 0. The second-order valence-corrected chi connectivity index (χ2v) is 2.51. The van der Waals surface area contributed by atoms with Crippen LogP contribution in [0.5, 0.6) is 0 Å². The van der Waals surface area contributed by atoms with Crippen LogP contribution >= 0.6 is 0 Å². The van der Waals surface area contributed by atoms with E-state index in [4.69, 9.17) is 35.0 Å². The molecule has 19 heavy (non-hydrogen) atoms. The average molecular weight is 408 g/mol. The molecule has 0 atom stereocenters. The van der Waals surface area contributed by atoms with Crippen molar-refractivity contribution < 1.29 is 122 Å². The van der Waals surface area contributed by atoms with E-state index in [1.165, 1.54) is 0 Å². The van der Waals surface area contributed by atoms with Gasteiger partial charge in [0, 0.05) is 10.4 Å². The third-order valence-electron chi connectivity index (χ3n) is 0. The van der Waals surface area contributed by atoms with Crippen molar-refractivity contribution in [3.05, 3.63) is 0 Å². The Morgan fingerprint density at radius 1 is 0.632 bits per heavy atom. The van der Waals surface area contributed by atoms with E-state index in [9.17, 15) is 0 Å². The largest absolute Gasteiger partial charge is 2.00 e. The maximum absolute atomic E-state index is 8.63. The molecular formula is H15NaO15S2Zn. The Morgan fingerprint density at radius 2 is 0.632 bits per heavy atom. The maximum Gasteiger partial charge on any atom is 2.00 e. The van der Waals surface area contributed by atoms with Gasteiger partial charge in [0.25, 0.3) is 0 Å². The van der Waals surface area contributed by atoms with Crippen LogP contribution in [-0.2, 0) is 40.3 Å². The van der Waals surface area contributed by atoms with Crippen LogP contribution in [0.2, 0.25) is 0 Å². The zero-order valence-corrected chi connectivity index (χ0v) is 15.9. The molecule has 0 aliphatic rings. The molecular weight excluding hydrogens is 392 g/mol. The quantitative estimate of drug-likeness (QED) is 0.227. The summed E-state index contributed by atoms with van der Waals surface area (Å²) in [5.74, 6) is 0. The van der Waals surface area contributed by atoms with E-state index in [1.54, 1.807) is 0 Å². The summed E-state index contributed by atoms with van der Waals surface area (Å²) in [6.07, 6.45) is 0. The molecule has 120 valence electrons. The predicted octanol–water partition coefficient (Wildman–Crippen LogP) is -11.1. The van der Waals surface area contributed by atoms with Crippen LogP contribution in [0.4, 0.5) is 0 Å². The van der Waals surface area contributed by atoms with Crippen LogP contribution in [0.3, 0.4) is 0 Å². The Bertz CT molecular complexity index is 217. The topological polar surface area (TPSA) is 378 Å². The van der Waals surface area contributed by atoms with Gasteiger partial charge in [0.15, 0.2) is 0 Å². The van der Waals surface area contributed by atoms with Crippen molar-refractivity contribution in [3.8, 4) is 0 Å². The summed E-state index contributed by atoms with van der Waals surface area (Å²) in [4.78, 5) is 0. The summed E-state index contributed by atoms with van der Waals surface area (Å²) in [6.45, 7) is 0. The summed E-state index contributed by atoms with van der Waals surface area (Å²) in [5.41, 5.74) is 0. The molecule has 0 fully saturated rings. The van der Waals surface area contributed by atoms with Crippen LogP contribution in [0.1, 0.15) is 0 Å². The first-order chi connectivity index (χ1) is 4.00. The Morgan fingerprint density at radius 3 is 0.632 bits per heavy atom. The standard InChI is InChI=1S/Na.2H2O4S.7H2O.Zn/c;2*1-5(2,3)4;;;;;;;;/h;2*(H2,1,2,3,4);7*1H2;/q+1;;;;;;;;;;+2/p-3. The van der Waals surface area contributed by atoms with Gasteiger partial charge in [-0.3, -0.25) is 13.0 Å². The normalized spacial score (nSPS) is 6.11. The minimum atomic E-state index is -5.17. The van der Waals surface area contributed by atoms with Gasteiger partial charge in [-0.1, -0.05) is 0 Å². The SMILES string of the molecule is O.O.O.O.O.O.O.O=S(=O)([O-])O.O=S(=O)([O-])[O-].[Na+].[Zn+2]. The van der Waals surface area contributed by atoms with Crippen molar-refractivity contribution in [2.24, 2.45) is 0 Å². The molecule has 15 nitrogen and oxygen atoms in total. The summed E-state index contributed by atoms with van der Waals surface area (Å²) < 4.78 is 66.9. The predicted molar refractivity (Wildman–Crippen MR) is 48.1 cm³/mol. The van der Waals surface area contributed by atoms with E-state index in [2.05, 4.69) is 0 Å². The van der Waals surface area contributed by atoms with Gasteiger partial charge >= 0.3 is 49.0 Å². The first-order valence-electron chi connectivity index (χ1n) is 1.35. The smallest absolute Gasteiger partial charge is 0.759 e. The molecule has 0 spiro atoms. The molecule has 0 heterocycles. The molecule has 0 rings (SSSR count). The van der Waals surface area contributed by atoms with Crippen molar-refractivity contribution in [2.75, 3.05) is 0 Å². The zero-order chi connectivity index (χ0) is 9.00. The number of hydrogen-bond acceptors (Lipinski definition) is 7. The molecule has 0 radical (unpaired) electrons. The van der Waals surface area contributed by atoms with Gasteiger partial charge in [-0.15, -0.1) is 0 Å². The third kappa shape index (κ3) is 4750. The Balaban J connectivity index is -0.00000000508. The fraction of sp³-hybridized carbons (Fsp3) is 0. The Kier molecular flexibility index (Phi) is 170. The van der Waals surface area contributed by atoms with E-state index in [0.29, 0.717) is 0 Å². The molecule has 0 aromatic heterocycles. The van der Waals surface area contributed by atoms with Gasteiger partial charge in [-0.25, -0.2) is 8.42 Å². The average Bonchev–Trinajstić information content (AvgIpc) is 1.12. The van der Waals surface area contributed by atoms with Gasteiger partial charge in [0.2, 0.25) is 10.4 Å². The summed E-state index contributed by atoms with van der Waals surface area (Å²) >= 11 is 0. The molecule has 0 unspecified atom stereocenters. The van der Waals surface area contributed by atoms with E-state index < -0.39 is 20.8 Å². The first kappa shape index (κ1) is 88.6. The van der Waals surface area contributed by atoms with Gasteiger partial charge in [0.1, 0.15) is 0 Å². The van der Waals surface area contributed by atoms with Crippen molar-refractivity contribution in [3.63, 3.8) is 0 Å². The van der Waals surface area contributed by atoms with E-state index >= 15 is 0 Å². The molecule has 0 saturated heterocycles. The molecule has 0 aromatic carbocycles. The summed E-state index contributed by atoms with van der Waals surface area (Å²) in [7, 11) is -10.1. The molecule has 0 bridgehead atoms. The molecule has 0 aliphatic carbocycles. The minimum Gasteiger partial charge on any atom is -0.759 e.